The number of Topliss-reactive ketones (excluding diaryl/α,β-unsaturated/α-hetero) is 1. The van der Waals surface area contributed by atoms with Crippen LogP contribution in [0.1, 0.15) is 35.7 Å². The first-order chi connectivity index (χ1) is 8.24. The molecule has 1 rings (SSSR count). The largest absolute Gasteiger partial charge is 0.446 e. The Balaban J connectivity index is 3.17. The molecule has 0 N–H and O–H groups in total. The van der Waals surface area contributed by atoms with E-state index in [4.69, 9.17) is 0 Å². The summed E-state index contributed by atoms with van der Waals surface area (Å²) >= 11 is -0.608. The highest BCUT2D eigenvalue weighted by Crippen LogP contribution is 2.41. The first-order valence-corrected chi connectivity index (χ1v) is 5.77. The van der Waals surface area contributed by atoms with Crippen molar-refractivity contribution in [3.63, 3.8) is 0 Å². The lowest BCUT2D eigenvalue weighted by atomic mass is 10.1. The Morgan fingerprint density at radius 2 is 1.94 bits per heavy atom. The number of ketones is 1. The summed E-state index contributed by atoms with van der Waals surface area (Å²) < 4.78 is 61.8. The number of carbonyl (C=O) groups is 1. The Bertz CT molecular complexity index is 442. The van der Waals surface area contributed by atoms with Crippen molar-refractivity contribution in [1.82, 2.24) is 0 Å². The van der Waals surface area contributed by atoms with Crippen molar-refractivity contribution >= 4 is 17.5 Å². The maximum Gasteiger partial charge on any atom is 0.446 e. The van der Waals surface area contributed by atoms with Gasteiger partial charge in [0.2, 0.25) is 0 Å². The quantitative estimate of drug-likeness (QED) is 0.447. The number of rotatable bonds is 4. The number of hydrogen-bond donors (Lipinski definition) is 0. The predicted molar refractivity (Wildman–Crippen MR) is 57.9 cm³/mol. The number of halogens is 5. The third kappa shape index (κ3) is 3.97. The van der Waals surface area contributed by atoms with Gasteiger partial charge in [0, 0.05) is 22.4 Å². The standard InChI is InChI=1S/C11H9F5OS/c1-2-8(17)6-3-4-9(18-11(14,15)16)7(5-6)10(12)13/h3-5,10H,2H2,1H3. The zero-order valence-corrected chi connectivity index (χ0v) is 10.0. The molecule has 0 bridgehead atoms. The second kappa shape index (κ2) is 5.69. The van der Waals surface area contributed by atoms with Crippen molar-refractivity contribution in [2.24, 2.45) is 0 Å². The molecule has 0 saturated heterocycles. The summed E-state index contributed by atoms with van der Waals surface area (Å²) in [6.07, 6.45) is -2.95. The monoisotopic (exact) mass is 284 g/mol. The van der Waals surface area contributed by atoms with E-state index >= 15 is 0 Å². The van der Waals surface area contributed by atoms with Gasteiger partial charge in [0.1, 0.15) is 0 Å². The molecule has 0 amide bonds. The van der Waals surface area contributed by atoms with Crippen LogP contribution in [0.2, 0.25) is 0 Å². The zero-order chi connectivity index (χ0) is 13.9. The minimum Gasteiger partial charge on any atom is -0.294 e. The lowest BCUT2D eigenvalue weighted by Crippen LogP contribution is -2.04. The third-order valence-electron chi connectivity index (χ3n) is 2.11. The number of benzene rings is 1. The Labute approximate surface area is 104 Å². The van der Waals surface area contributed by atoms with E-state index in [9.17, 15) is 26.7 Å². The van der Waals surface area contributed by atoms with Gasteiger partial charge < -0.3 is 0 Å². The van der Waals surface area contributed by atoms with Crippen LogP contribution in [0.25, 0.3) is 0 Å². The van der Waals surface area contributed by atoms with Gasteiger partial charge in [-0.3, -0.25) is 4.79 Å². The molecule has 0 spiro atoms. The molecule has 1 nitrogen and oxygen atoms in total. The first-order valence-electron chi connectivity index (χ1n) is 4.95. The maximum absolute atomic E-state index is 12.7. The molecule has 1 aromatic carbocycles. The molecular formula is C11H9F5OS. The Morgan fingerprint density at radius 1 is 1.33 bits per heavy atom. The minimum absolute atomic E-state index is 0.000625. The predicted octanol–water partition coefficient (Wildman–Crippen LogP) is 4.83. The lowest BCUT2D eigenvalue weighted by molar-refractivity contribution is -0.0329. The number of carbonyl (C=O) groups excluding carboxylic acids is 1. The minimum atomic E-state index is -4.64. The molecule has 100 valence electrons. The van der Waals surface area contributed by atoms with Crippen LogP contribution < -0.4 is 0 Å². The van der Waals surface area contributed by atoms with Crippen molar-refractivity contribution in [1.29, 1.82) is 0 Å². The number of hydrogen-bond acceptors (Lipinski definition) is 2. The van der Waals surface area contributed by atoms with Gasteiger partial charge in [-0.15, -0.1) is 0 Å². The van der Waals surface area contributed by atoms with Crippen LogP contribution in [-0.2, 0) is 0 Å². The topological polar surface area (TPSA) is 17.1 Å². The molecule has 1 aromatic rings. The van der Waals surface area contributed by atoms with E-state index in [1.807, 2.05) is 0 Å². The highest BCUT2D eigenvalue weighted by molar-refractivity contribution is 8.00. The molecule has 0 radical (unpaired) electrons. The molecule has 0 heterocycles. The summed E-state index contributed by atoms with van der Waals surface area (Å²) in [5.41, 5.74) is -5.41. The average Bonchev–Trinajstić information content (AvgIpc) is 2.26. The molecule has 18 heavy (non-hydrogen) atoms. The Kier molecular flexibility index (Phi) is 4.72. The summed E-state index contributed by atoms with van der Waals surface area (Å²) in [5.74, 6) is -0.388. The van der Waals surface area contributed by atoms with Crippen molar-refractivity contribution in [3.05, 3.63) is 29.3 Å². The first kappa shape index (κ1) is 14.9. The molecule has 0 atom stereocenters. The third-order valence-corrected chi connectivity index (χ3v) is 2.94. The fourth-order valence-electron chi connectivity index (χ4n) is 1.31. The van der Waals surface area contributed by atoms with E-state index in [1.165, 1.54) is 0 Å². The summed E-state index contributed by atoms with van der Waals surface area (Å²) in [6.45, 7) is 1.54. The van der Waals surface area contributed by atoms with E-state index in [2.05, 4.69) is 0 Å². The fourth-order valence-corrected chi connectivity index (χ4v) is 1.97. The smallest absolute Gasteiger partial charge is 0.294 e. The van der Waals surface area contributed by atoms with Gasteiger partial charge in [-0.1, -0.05) is 13.0 Å². The summed E-state index contributed by atoms with van der Waals surface area (Å²) in [7, 11) is 0. The second-order valence-electron chi connectivity index (χ2n) is 3.38. The van der Waals surface area contributed by atoms with Crippen LogP contribution in [0.4, 0.5) is 22.0 Å². The average molecular weight is 284 g/mol. The second-order valence-corrected chi connectivity index (χ2v) is 4.48. The van der Waals surface area contributed by atoms with Gasteiger partial charge in [0.15, 0.2) is 5.78 Å². The highest BCUT2D eigenvalue weighted by Gasteiger charge is 2.31. The fraction of sp³-hybridized carbons (Fsp3) is 0.364. The van der Waals surface area contributed by atoms with Gasteiger partial charge in [0.05, 0.1) is 0 Å². The molecule has 0 saturated carbocycles. The van der Waals surface area contributed by atoms with E-state index in [1.54, 1.807) is 6.92 Å². The molecule has 0 aromatic heterocycles. The van der Waals surface area contributed by atoms with Crippen molar-refractivity contribution in [2.45, 2.75) is 30.2 Å². The molecule has 0 aliphatic carbocycles. The van der Waals surface area contributed by atoms with E-state index in [0.29, 0.717) is 0 Å². The van der Waals surface area contributed by atoms with E-state index < -0.39 is 34.2 Å². The van der Waals surface area contributed by atoms with Crippen molar-refractivity contribution < 1.29 is 26.7 Å². The molecule has 0 aliphatic rings. The molecular weight excluding hydrogens is 275 g/mol. The van der Waals surface area contributed by atoms with Gasteiger partial charge in [-0.25, -0.2) is 8.78 Å². The van der Waals surface area contributed by atoms with Crippen LogP contribution in [0.3, 0.4) is 0 Å². The molecule has 0 fully saturated rings. The Morgan fingerprint density at radius 3 is 2.39 bits per heavy atom. The molecule has 0 aliphatic heterocycles. The van der Waals surface area contributed by atoms with Crippen LogP contribution in [0.5, 0.6) is 0 Å². The van der Waals surface area contributed by atoms with Gasteiger partial charge >= 0.3 is 5.51 Å². The highest BCUT2D eigenvalue weighted by atomic mass is 32.2. The summed E-state index contributed by atoms with van der Waals surface area (Å²) in [4.78, 5) is 10.7. The normalized spacial score (nSPS) is 11.9. The van der Waals surface area contributed by atoms with Gasteiger partial charge in [-0.2, -0.15) is 13.2 Å². The Hall–Kier alpha value is -1.11. The number of thioether (sulfide) groups is 1. The summed E-state index contributed by atoms with van der Waals surface area (Å²) in [6, 6.07) is 2.86. The zero-order valence-electron chi connectivity index (χ0n) is 9.22. The lowest BCUT2D eigenvalue weighted by Gasteiger charge is -2.11. The maximum atomic E-state index is 12.7. The number of alkyl halides is 5. The van der Waals surface area contributed by atoms with Crippen LogP contribution >= 0.6 is 11.8 Å². The molecule has 0 unspecified atom stereocenters. The molecule has 7 heteroatoms. The van der Waals surface area contributed by atoms with Crippen LogP contribution in [0, 0.1) is 0 Å². The van der Waals surface area contributed by atoms with Crippen LogP contribution in [0.15, 0.2) is 23.1 Å². The summed E-state index contributed by atoms with van der Waals surface area (Å²) in [5, 5.41) is 0. The van der Waals surface area contributed by atoms with E-state index in [-0.39, 0.29) is 17.8 Å². The van der Waals surface area contributed by atoms with Crippen molar-refractivity contribution in [3.8, 4) is 0 Å². The van der Waals surface area contributed by atoms with E-state index in [0.717, 1.165) is 18.2 Å². The van der Waals surface area contributed by atoms with Gasteiger partial charge in [0.25, 0.3) is 6.43 Å². The van der Waals surface area contributed by atoms with Crippen LogP contribution in [-0.4, -0.2) is 11.3 Å². The SMILES string of the molecule is CCC(=O)c1ccc(SC(F)(F)F)c(C(F)F)c1. The van der Waals surface area contributed by atoms with Crippen molar-refractivity contribution in [2.75, 3.05) is 0 Å². The van der Waals surface area contributed by atoms with Gasteiger partial charge in [-0.05, 0) is 23.9 Å².